The topological polar surface area (TPSA) is 76.0 Å². The number of aliphatic hydroxyl groups excluding tert-OH is 2. The summed E-state index contributed by atoms with van der Waals surface area (Å²) in [6.45, 7) is 2.95. The van der Waals surface area contributed by atoms with Crippen LogP contribution in [0.3, 0.4) is 0 Å². The second-order valence-corrected chi connectivity index (χ2v) is 2.96. The highest BCUT2D eigenvalue weighted by Crippen LogP contribution is 1.98. The summed E-state index contributed by atoms with van der Waals surface area (Å²) in [6, 6.07) is 0. The summed E-state index contributed by atoms with van der Waals surface area (Å²) in [7, 11) is 0. The van der Waals surface area contributed by atoms with Crippen molar-refractivity contribution in [1.82, 2.24) is 0 Å². The van der Waals surface area contributed by atoms with Gasteiger partial charge in [0.05, 0.1) is 19.3 Å². The summed E-state index contributed by atoms with van der Waals surface area (Å²) in [6.07, 6.45) is -1.00. The average Bonchev–Trinajstić information content (AvgIpc) is 2.05. The fourth-order valence-electron chi connectivity index (χ4n) is 0.576. The van der Waals surface area contributed by atoms with Crippen molar-refractivity contribution in [3.63, 3.8) is 0 Å². The summed E-state index contributed by atoms with van der Waals surface area (Å²) < 4.78 is 9.28. The maximum Gasteiger partial charge on any atom is 0.508 e. The summed E-state index contributed by atoms with van der Waals surface area (Å²) in [4.78, 5) is 10.8. The molecule has 13 heavy (non-hydrogen) atoms. The van der Waals surface area contributed by atoms with Crippen LogP contribution >= 0.6 is 0 Å². The van der Waals surface area contributed by atoms with Crippen LogP contribution in [0.5, 0.6) is 0 Å². The fraction of sp³-hybridized carbons (Fsp3) is 0.875. The molecule has 78 valence electrons. The molecule has 5 nitrogen and oxygen atoms in total. The van der Waals surface area contributed by atoms with Crippen LogP contribution in [0.15, 0.2) is 0 Å². The molecule has 0 heterocycles. The van der Waals surface area contributed by atoms with Gasteiger partial charge in [0.15, 0.2) is 0 Å². The van der Waals surface area contributed by atoms with Gasteiger partial charge in [-0.1, -0.05) is 0 Å². The number of carbonyl (C=O) groups excluding carboxylic acids is 1. The first kappa shape index (κ1) is 12.2. The molecule has 0 radical (unpaired) electrons. The zero-order valence-corrected chi connectivity index (χ0v) is 7.90. The first-order valence-corrected chi connectivity index (χ1v) is 4.15. The van der Waals surface area contributed by atoms with Gasteiger partial charge in [0.2, 0.25) is 0 Å². The average molecular weight is 192 g/mol. The van der Waals surface area contributed by atoms with E-state index in [1.54, 1.807) is 13.8 Å². The lowest BCUT2D eigenvalue weighted by Crippen LogP contribution is -2.22. The van der Waals surface area contributed by atoms with Gasteiger partial charge in [0.1, 0.15) is 6.61 Å². The Labute approximate surface area is 77.3 Å². The van der Waals surface area contributed by atoms with Gasteiger partial charge < -0.3 is 19.7 Å². The predicted octanol–water partition coefficient (Wildman–Crippen LogP) is 0.149. The Hall–Kier alpha value is -0.810. The summed E-state index contributed by atoms with van der Waals surface area (Å²) in [5.41, 5.74) is 0. The van der Waals surface area contributed by atoms with Crippen molar-refractivity contribution in [2.45, 2.75) is 20.0 Å². The molecule has 0 aliphatic carbocycles. The van der Waals surface area contributed by atoms with Gasteiger partial charge in [-0.3, -0.25) is 0 Å². The predicted molar refractivity (Wildman–Crippen MR) is 45.2 cm³/mol. The van der Waals surface area contributed by atoms with Crippen molar-refractivity contribution in [3.8, 4) is 0 Å². The molecule has 0 fully saturated rings. The number of hydrogen-bond donors (Lipinski definition) is 2. The standard InChI is InChI=1S/C8H16O5/c1-6(2)13-8(11)12-5-7(3-9)4-10/h6-7,9-10H,3-5H2,1-2H3. The van der Waals surface area contributed by atoms with E-state index in [-0.39, 0.29) is 25.9 Å². The van der Waals surface area contributed by atoms with Crippen LogP contribution in [-0.4, -0.2) is 42.3 Å². The van der Waals surface area contributed by atoms with Crippen molar-refractivity contribution < 1.29 is 24.5 Å². The van der Waals surface area contributed by atoms with Gasteiger partial charge in [-0.15, -0.1) is 0 Å². The largest absolute Gasteiger partial charge is 0.508 e. The first-order chi connectivity index (χ1) is 6.10. The van der Waals surface area contributed by atoms with Crippen molar-refractivity contribution in [1.29, 1.82) is 0 Å². The lowest BCUT2D eigenvalue weighted by Gasteiger charge is -2.12. The van der Waals surface area contributed by atoms with E-state index in [9.17, 15) is 4.79 Å². The molecule has 0 unspecified atom stereocenters. The number of aliphatic hydroxyl groups is 2. The third kappa shape index (κ3) is 6.36. The smallest absolute Gasteiger partial charge is 0.434 e. The molecule has 0 rings (SSSR count). The highest BCUT2D eigenvalue weighted by atomic mass is 16.7. The molecule has 5 heteroatoms. The molecule has 0 amide bonds. The minimum atomic E-state index is -0.776. The molecule has 0 aliphatic heterocycles. The molecule has 0 aromatic carbocycles. The van der Waals surface area contributed by atoms with Crippen LogP contribution in [-0.2, 0) is 9.47 Å². The number of hydrogen-bond acceptors (Lipinski definition) is 5. The van der Waals surface area contributed by atoms with E-state index in [0.29, 0.717) is 0 Å². The molecule has 2 N–H and O–H groups in total. The Morgan fingerprint density at radius 3 is 2.23 bits per heavy atom. The zero-order chi connectivity index (χ0) is 10.3. The van der Waals surface area contributed by atoms with E-state index < -0.39 is 12.1 Å². The lowest BCUT2D eigenvalue weighted by atomic mass is 10.2. The van der Waals surface area contributed by atoms with E-state index in [0.717, 1.165) is 0 Å². The van der Waals surface area contributed by atoms with Gasteiger partial charge >= 0.3 is 6.16 Å². The highest BCUT2D eigenvalue weighted by molar-refractivity contribution is 5.59. The normalized spacial score (nSPS) is 10.6. The molecule has 0 aliphatic rings. The van der Waals surface area contributed by atoms with Crippen molar-refractivity contribution in [2.24, 2.45) is 5.92 Å². The Morgan fingerprint density at radius 2 is 1.85 bits per heavy atom. The quantitative estimate of drug-likeness (QED) is 0.606. The van der Waals surface area contributed by atoms with Gasteiger partial charge in [0, 0.05) is 5.92 Å². The van der Waals surface area contributed by atoms with E-state index in [1.807, 2.05) is 0 Å². The van der Waals surface area contributed by atoms with Crippen LogP contribution < -0.4 is 0 Å². The first-order valence-electron chi connectivity index (χ1n) is 4.15. The molecule has 0 bridgehead atoms. The second-order valence-electron chi connectivity index (χ2n) is 2.96. The molecular formula is C8H16O5. The Bertz CT molecular complexity index is 141. The van der Waals surface area contributed by atoms with Gasteiger partial charge in [-0.25, -0.2) is 4.79 Å². The number of rotatable bonds is 5. The van der Waals surface area contributed by atoms with E-state index >= 15 is 0 Å². The minimum absolute atomic E-state index is 0.0292. The Morgan fingerprint density at radius 1 is 1.31 bits per heavy atom. The van der Waals surface area contributed by atoms with Gasteiger partial charge in [-0.2, -0.15) is 0 Å². The van der Waals surface area contributed by atoms with Crippen molar-refractivity contribution in [3.05, 3.63) is 0 Å². The number of ether oxygens (including phenoxy) is 2. The van der Waals surface area contributed by atoms with E-state index in [2.05, 4.69) is 9.47 Å². The van der Waals surface area contributed by atoms with Crippen molar-refractivity contribution >= 4 is 6.16 Å². The Balaban J connectivity index is 3.56. The van der Waals surface area contributed by atoms with Gasteiger partial charge in [0.25, 0.3) is 0 Å². The van der Waals surface area contributed by atoms with Crippen LogP contribution in [0.2, 0.25) is 0 Å². The Kier molecular flexibility index (Phi) is 6.26. The maximum absolute atomic E-state index is 10.8. The lowest BCUT2D eigenvalue weighted by molar-refractivity contribution is 0.0110. The van der Waals surface area contributed by atoms with Crippen LogP contribution in [0.1, 0.15) is 13.8 Å². The number of carbonyl (C=O) groups is 1. The summed E-state index contributed by atoms with van der Waals surface area (Å²) in [5.74, 6) is -0.431. The molecule has 0 aromatic rings. The van der Waals surface area contributed by atoms with E-state index in [1.165, 1.54) is 0 Å². The van der Waals surface area contributed by atoms with Gasteiger partial charge in [-0.05, 0) is 13.8 Å². The van der Waals surface area contributed by atoms with Crippen LogP contribution in [0, 0.1) is 5.92 Å². The second kappa shape index (κ2) is 6.68. The molecule has 0 spiro atoms. The van der Waals surface area contributed by atoms with E-state index in [4.69, 9.17) is 10.2 Å². The van der Waals surface area contributed by atoms with Crippen molar-refractivity contribution in [2.75, 3.05) is 19.8 Å². The fourth-order valence-corrected chi connectivity index (χ4v) is 0.576. The van der Waals surface area contributed by atoms with Crippen LogP contribution in [0.25, 0.3) is 0 Å². The molecule has 0 saturated heterocycles. The SMILES string of the molecule is CC(C)OC(=O)OCC(CO)CO. The maximum atomic E-state index is 10.8. The summed E-state index contributed by atoms with van der Waals surface area (Å²) in [5, 5.41) is 17.3. The zero-order valence-electron chi connectivity index (χ0n) is 7.90. The minimum Gasteiger partial charge on any atom is -0.434 e. The third-order valence-electron chi connectivity index (χ3n) is 1.29. The summed E-state index contributed by atoms with van der Waals surface area (Å²) >= 11 is 0. The molecule has 0 saturated carbocycles. The third-order valence-corrected chi connectivity index (χ3v) is 1.29. The monoisotopic (exact) mass is 192 g/mol. The molecular weight excluding hydrogens is 176 g/mol. The van der Waals surface area contributed by atoms with Crippen LogP contribution in [0.4, 0.5) is 4.79 Å². The molecule has 0 aromatic heterocycles. The highest BCUT2D eigenvalue weighted by Gasteiger charge is 2.11. The molecule has 0 atom stereocenters.